The topological polar surface area (TPSA) is 31.2 Å². The molecule has 0 unspecified atom stereocenters. The van der Waals surface area contributed by atoms with Gasteiger partial charge in [0.2, 0.25) is 0 Å². The Kier molecular flexibility index (Phi) is 3.07. The normalized spacial score (nSPS) is 11.6. The molecule has 0 amide bonds. The minimum Gasteiger partial charge on any atom is -0.464 e. The van der Waals surface area contributed by atoms with E-state index < -0.39 is 0 Å². The summed E-state index contributed by atoms with van der Waals surface area (Å²) in [4.78, 5) is 0. The summed E-state index contributed by atoms with van der Waals surface area (Å²) in [5.41, 5.74) is 4.67. The molecule has 5 rings (SSSR count). The van der Waals surface area contributed by atoms with Crippen LogP contribution in [0.15, 0.2) is 82.0 Å². The molecule has 3 aromatic heterocycles. The Morgan fingerprint density at radius 1 is 0.720 bits per heavy atom. The average Bonchev–Trinajstić information content (AvgIpc) is 3.40. The van der Waals surface area contributed by atoms with E-state index in [0.29, 0.717) is 0 Å². The van der Waals surface area contributed by atoms with Gasteiger partial charge >= 0.3 is 0 Å². The Hall–Kier alpha value is -3.20. The molecular weight excluding hydrogens is 310 g/mol. The summed E-state index contributed by atoms with van der Waals surface area (Å²) in [6, 6.07) is 20.9. The summed E-state index contributed by atoms with van der Waals surface area (Å²) in [6.07, 6.45) is 3.42. The highest BCUT2D eigenvalue weighted by Crippen LogP contribution is 2.35. The van der Waals surface area contributed by atoms with Gasteiger partial charge in [0, 0.05) is 39.5 Å². The zero-order valence-electron chi connectivity index (χ0n) is 13.9. The van der Waals surface area contributed by atoms with E-state index in [1.807, 2.05) is 24.3 Å². The van der Waals surface area contributed by atoms with E-state index in [2.05, 4.69) is 47.9 Å². The second-order valence-corrected chi connectivity index (χ2v) is 6.16. The Bertz CT molecular complexity index is 1070. The molecule has 0 saturated carbocycles. The molecule has 3 nitrogen and oxygen atoms in total. The summed E-state index contributed by atoms with van der Waals surface area (Å²) in [5, 5.41) is 2.47. The highest BCUT2D eigenvalue weighted by Gasteiger charge is 2.13. The molecule has 0 aliphatic heterocycles. The maximum Gasteiger partial charge on any atom is 0.133 e. The van der Waals surface area contributed by atoms with E-state index in [0.717, 1.165) is 29.2 Å². The first-order valence-corrected chi connectivity index (χ1v) is 8.49. The van der Waals surface area contributed by atoms with Gasteiger partial charge in [0.05, 0.1) is 12.5 Å². The van der Waals surface area contributed by atoms with Crippen LogP contribution in [-0.4, -0.2) is 4.57 Å². The molecule has 3 heteroatoms. The first-order chi connectivity index (χ1) is 12.3. The molecule has 0 radical (unpaired) electrons. The van der Waals surface area contributed by atoms with Gasteiger partial charge in [-0.2, -0.15) is 0 Å². The van der Waals surface area contributed by atoms with Crippen molar-refractivity contribution in [1.82, 2.24) is 4.57 Å². The summed E-state index contributed by atoms with van der Waals surface area (Å²) < 4.78 is 13.5. The number of nitrogens with zero attached hydrogens (tertiary/aromatic N) is 1. The maximum absolute atomic E-state index is 5.57. The second kappa shape index (κ2) is 5.42. The van der Waals surface area contributed by atoms with Crippen molar-refractivity contribution in [2.45, 2.75) is 13.5 Å². The predicted octanol–water partition coefficient (Wildman–Crippen LogP) is 6.33. The fourth-order valence-electron chi connectivity index (χ4n) is 3.64. The number of hydrogen-bond acceptors (Lipinski definition) is 2. The molecule has 25 heavy (non-hydrogen) atoms. The SMILES string of the molecule is CCn1c2ccc(-c3ccco3)cc2c2cc(-c3ccco3)ccc21. The molecular formula is C22H17NO2. The molecule has 0 N–H and O–H groups in total. The van der Waals surface area contributed by atoms with E-state index >= 15 is 0 Å². The minimum atomic E-state index is 0.890. The summed E-state index contributed by atoms with van der Waals surface area (Å²) in [5.74, 6) is 1.78. The molecule has 3 heterocycles. The van der Waals surface area contributed by atoms with Crippen LogP contribution in [0.4, 0.5) is 0 Å². The van der Waals surface area contributed by atoms with Gasteiger partial charge in [0.1, 0.15) is 11.5 Å². The quantitative estimate of drug-likeness (QED) is 0.387. The third-order valence-electron chi connectivity index (χ3n) is 4.79. The Labute approximate surface area is 145 Å². The van der Waals surface area contributed by atoms with Crippen molar-refractivity contribution in [3.8, 4) is 22.6 Å². The number of aromatic nitrogens is 1. The fourth-order valence-corrected chi connectivity index (χ4v) is 3.64. The molecule has 0 spiro atoms. The van der Waals surface area contributed by atoms with Crippen molar-refractivity contribution in [1.29, 1.82) is 0 Å². The van der Waals surface area contributed by atoms with Crippen LogP contribution in [0.2, 0.25) is 0 Å². The smallest absolute Gasteiger partial charge is 0.133 e. The van der Waals surface area contributed by atoms with Gasteiger partial charge in [0.25, 0.3) is 0 Å². The molecule has 0 bridgehead atoms. The Morgan fingerprint density at radius 2 is 1.24 bits per heavy atom. The predicted molar refractivity (Wildman–Crippen MR) is 101 cm³/mol. The van der Waals surface area contributed by atoms with Gasteiger partial charge in [-0.3, -0.25) is 0 Å². The van der Waals surface area contributed by atoms with Crippen molar-refractivity contribution < 1.29 is 8.83 Å². The van der Waals surface area contributed by atoms with Crippen molar-refractivity contribution in [2.24, 2.45) is 0 Å². The van der Waals surface area contributed by atoms with Crippen molar-refractivity contribution in [3.05, 3.63) is 73.2 Å². The van der Waals surface area contributed by atoms with Gasteiger partial charge in [-0.25, -0.2) is 0 Å². The lowest BCUT2D eigenvalue weighted by atomic mass is 10.1. The number of fused-ring (bicyclic) bond motifs is 3. The maximum atomic E-state index is 5.57. The van der Waals surface area contributed by atoms with Gasteiger partial charge in [-0.15, -0.1) is 0 Å². The van der Waals surface area contributed by atoms with Gasteiger partial charge in [0.15, 0.2) is 0 Å². The third-order valence-corrected chi connectivity index (χ3v) is 4.79. The second-order valence-electron chi connectivity index (χ2n) is 6.16. The molecule has 0 aliphatic rings. The molecule has 122 valence electrons. The van der Waals surface area contributed by atoms with Crippen molar-refractivity contribution in [3.63, 3.8) is 0 Å². The number of benzene rings is 2. The zero-order valence-corrected chi connectivity index (χ0v) is 13.9. The van der Waals surface area contributed by atoms with Gasteiger partial charge in [-0.1, -0.05) is 0 Å². The van der Waals surface area contributed by atoms with Crippen LogP contribution in [0.5, 0.6) is 0 Å². The fraction of sp³-hybridized carbons (Fsp3) is 0.0909. The van der Waals surface area contributed by atoms with Crippen LogP contribution in [-0.2, 0) is 6.54 Å². The lowest BCUT2D eigenvalue weighted by Crippen LogP contribution is -1.92. The van der Waals surface area contributed by atoms with Crippen molar-refractivity contribution >= 4 is 21.8 Å². The Morgan fingerprint density at radius 3 is 1.64 bits per heavy atom. The molecule has 5 aromatic rings. The largest absolute Gasteiger partial charge is 0.464 e. The van der Waals surface area contributed by atoms with Crippen LogP contribution in [0.3, 0.4) is 0 Å². The van der Waals surface area contributed by atoms with E-state index in [1.54, 1.807) is 12.5 Å². The highest BCUT2D eigenvalue weighted by molar-refractivity contribution is 6.10. The third kappa shape index (κ3) is 2.13. The van der Waals surface area contributed by atoms with Crippen LogP contribution in [0.25, 0.3) is 44.5 Å². The van der Waals surface area contributed by atoms with Gasteiger partial charge < -0.3 is 13.4 Å². The summed E-state index contributed by atoms with van der Waals surface area (Å²) >= 11 is 0. The van der Waals surface area contributed by atoms with Crippen molar-refractivity contribution in [2.75, 3.05) is 0 Å². The van der Waals surface area contributed by atoms with Crippen LogP contribution in [0, 0.1) is 0 Å². The average molecular weight is 327 g/mol. The highest BCUT2D eigenvalue weighted by atomic mass is 16.3. The van der Waals surface area contributed by atoms with E-state index in [1.165, 1.54) is 21.8 Å². The van der Waals surface area contributed by atoms with E-state index in [-0.39, 0.29) is 0 Å². The van der Waals surface area contributed by atoms with Gasteiger partial charge in [-0.05, 0) is 67.6 Å². The first kappa shape index (κ1) is 14.2. The number of hydrogen-bond donors (Lipinski definition) is 0. The molecule has 0 aliphatic carbocycles. The molecule has 2 aromatic carbocycles. The summed E-state index contributed by atoms with van der Waals surface area (Å²) in [6.45, 7) is 3.11. The number of furan rings is 2. The van der Waals surface area contributed by atoms with Crippen LogP contribution >= 0.6 is 0 Å². The van der Waals surface area contributed by atoms with Crippen LogP contribution in [0.1, 0.15) is 6.92 Å². The lowest BCUT2D eigenvalue weighted by Gasteiger charge is -2.03. The molecule has 0 fully saturated rings. The Balaban J connectivity index is 1.82. The standard InChI is InChI=1S/C22H17NO2/c1-2-23-19-9-7-15(21-5-3-11-24-21)13-17(19)18-14-16(8-10-20(18)23)22-6-4-12-25-22/h3-14H,2H2,1H3. The number of rotatable bonds is 3. The molecule has 0 atom stereocenters. The van der Waals surface area contributed by atoms with Crippen LogP contribution < -0.4 is 0 Å². The van der Waals surface area contributed by atoms with E-state index in [4.69, 9.17) is 8.83 Å². The van der Waals surface area contributed by atoms with E-state index in [9.17, 15) is 0 Å². The lowest BCUT2D eigenvalue weighted by molar-refractivity contribution is 0.582. The minimum absolute atomic E-state index is 0.890. The first-order valence-electron chi connectivity index (χ1n) is 8.49. The summed E-state index contributed by atoms with van der Waals surface area (Å²) in [7, 11) is 0. The number of aryl methyl sites for hydroxylation is 1. The molecule has 0 saturated heterocycles. The zero-order chi connectivity index (χ0) is 16.8. The monoisotopic (exact) mass is 327 g/mol.